The van der Waals surface area contributed by atoms with Gasteiger partial charge in [0, 0.05) is 30.4 Å². The van der Waals surface area contributed by atoms with Crippen LogP contribution in [-0.2, 0) is 9.59 Å². The van der Waals surface area contributed by atoms with Crippen LogP contribution in [0.5, 0.6) is 0 Å². The van der Waals surface area contributed by atoms with Crippen LogP contribution in [0.4, 0.5) is 0 Å². The van der Waals surface area contributed by atoms with E-state index in [9.17, 15) is 19.8 Å². The van der Waals surface area contributed by atoms with E-state index in [1.54, 1.807) is 46.5 Å². The van der Waals surface area contributed by atoms with Gasteiger partial charge >= 0.3 is 0 Å². The number of nitrogens with zero attached hydrogens (tertiary/aromatic N) is 5. The second-order valence-corrected chi connectivity index (χ2v) is 13.4. The van der Waals surface area contributed by atoms with Gasteiger partial charge in [0.05, 0.1) is 41.6 Å². The number of pyridine rings is 1. The Hall–Kier alpha value is -5.91. The molecule has 2 saturated heterocycles. The molecule has 0 spiro atoms. The van der Waals surface area contributed by atoms with Gasteiger partial charge in [-0.3, -0.25) is 14.6 Å². The fourth-order valence-corrected chi connectivity index (χ4v) is 7.35. The van der Waals surface area contributed by atoms with E-state index < -0.39 is 12.2 Å². The van der Waals surface area contributed by atoms with E-state index in [4.69, 9.17) is 4.98 Å². The van der Waals surface area contributed by atoms with Gasteiger partial charge in [-0.2, -0.15) is 0 Å². The molecule has 5 heterocycles. The highest BCUT2D eigenvalue weighted by molar-refractivity contribution is 5.83. The monoisotopic (exact) mass is 693 g/mol. The summed E-state index contributed by atoms with van der Waals surface area (Å²) in [7, 11) is 0. The number of carbonyl (C=O) groups is 2. The smallest absolute Gasteiger partial charge is 0.256 e. The van der Waals surface area contributed by atoms with Gasteiger partial charge in [0.25, 0.3) is 11.8 Å². The Balaban J connectivity index is 0.920. The highest BCUT2D eigenvalue weighted by Crippen LogP contribution is 2.36. The molecule has 3 aromatic heterocycles. The number of carbonyl (C=O) groups excluding carboxylic acids is 2. The minimum absolute atomic E-state index is 0.223. The summed E-state index contributed by atoms with van der Waals surface area (Å²) in [5.74, 6) is 0.778. The maximum absolute atomic E-state index is 13.2. The average Bonchev–Trinajstić information content (AvgIpc) is 4.04. The molecule has 2 aliphatic rings. The Labute approximate surface area is 301 Å². The van der Waals surface area contributed by atoms with Gasteiger partial charge in [0.2, 0.25) is 0 Å². The summed E-state index contributed by atoms with van der Waals surface area (Å²) in [6.45, 7) is 1.14. The van der Waals surface area contributed by atoms with Crippen LogP contribution in [0.1, 0.15) is 72.8 Å². The summed E-state index contributed by atoms with van der Waals surface area (Å²) in [6.07, 6.45) is 6.17. The van der Waals surface area contributed by atoms with E-state index in [1.165, 1.54) is 0 Å². The van der Waals surface area contributed by atoms with Crippen molar-refractivity contribution in [1.29, 1.82) is 0 Å². The van der Waals surface area contributed by atoms with Crippen LogP contribution >= 0.6 is 0 Å². The highest BCUT2D eigenvalue weighted by atomic mass is 16.3. The molecule has 2 amide bonds. The van der Waals surface area contributed by atoms with Crippen LogP contribution in [0.25, 0.3) is 33.8 Å². The molecule has 6 aromatic rings. The van der Waals surface area contributed by atoms with Gasteiger partial charge in [0.15, 0.2) is 12.2 Å². The Bertz CT molecular complexity index is 1990. The zero-order chi connectivity index (χ0) is 35.6. The molecule has 11 nitrogen and oxygen atoms in total. The maximum Gasteiger partial charge on any atom is 0.256 e. The fraction of sp³-hybridized carbons (Fsp3) is 0.244. The Kier molecular flexibility index (Phi) is 9.19. The van der Waals surface area contributed by atoms with Crippen LogP contribution in [0.3, 0.4) is 0 Å². The van der Waals surface area contributed by atoms with Crippen molar-refractivity contribution in [3.8, 4) is 33.8 Å². The van der Waals surface area contributed by atoms with E-state index in [-0.39, 0.29) is 23.9 Å². The normalized spacial score (nSPS) is 18.4. The number of aromatic nitrogens is 5. The first-order valence-electron chi connectivity index (χ1n) is 17.7. The van der Waals surface area contributed by atoms with Crippen molar-refractivity contribution in [2.24, 2.45) is 0 Å². The summed E-state index contributed by atoms with van der Waals surface area (Å²) < 4.78 is 0. The Morgan fingerprint density at radius 1 is 0.577 bits per heavy atom. The number of aliphatic hydroxyl groups is 2. The summed E-state index contributed by atoms with van der Waals surface area (Å²) in [5.41, 5.74) is 6.43. The second kappa shape index (κ2) is 14.4. The Morgan fingerprint density at radius 3 is 1.52 bits per heavy atom. The van der Waals surface area contributed by atoms with Crippen molar-refractivity contribution < 1.29 is 19.8 Å². The van der Waals surface area contributed by atoms with Crippen molar-refractivity contribution in [2.45, 2.75) is 50.0 Å². The van der Waals surface area contributed by atoms with Crippen LogP contribution in [0.15, 0.2) is 116 Å². The van der Waals surface area contributed by atoms with Crippen molar-refractivity contribution in [3.63, 3.8) is 0 Å². The first-order valence-corrected chi connectivity index (χ1v) is 17.7. The van der Waals surface area contributed by atoms with E-state index in [0.717, 1.165) is 59.5 Å². The number of imidazole rings is 2. The van der Waals surface area contributed by atoms with E-state index >= 15 is 0 Å². The number of likely N-dealkylation sites (tertiary alicyclic amines) is 2. The zero-order valence-electron chi connectivity index (χ0n) is 28.5. The molecule has 3 aromatic carbocycles. The predicted molar refractivity (Wildman–Crippen MR) is 195 cm³/mol. The van der Waals surface area contributed by atoms with Gasteiger partial charge in [0.1, 0.15) is 11.6 Å². The van der Waals surface area contributed by atoms with Crippen molar-refractivity contribution in [3.05, 3.63) is 138 Å². The summed E-state index contributed by atoms with van der Waals surface area (Å²) in [6, 6.07) is 29.6. The lowest BCUT2D eigenvalue weighted by Gasteiger charge is -2.25. The average molecular weight is 694 g/mol. The van der Waals surface area contributed by atoms with Crippen LogP contribution in [-0.4, -0.2) is 69.8 Å². The van der Waals surface area contributed by atoms with Gasteiger partial charge in [-0.25, -0.2) is 9.97 Å². The van der Waals surface area contributed by atoms with Crippen molar-refractivity contribution in [2.75, 3.05) is 13.1 Å². The molecule has 4 atom stereocenters. The van der Waals surface area contributed by atoms with Gasteiger partial charge in [-0.15, -0.1) is 0 Å². The summed E-state index contributed by atoms with van der Waals surface area (Å²) >= 11 is 0. The standard InChI is InChI=1S/C41H39N7O4/c49-36(28-9-3-1-4-10-28)40(51)47-21-7-13-34(47)38-43-24-32(45-38)27-17-15-26(16-18-27)31-20-19-30(23-42-31)33-25-44-39(46-33)35-14-8-22-48(35)41(52)37(50)29-11-5-2-6-12-29/h1-6,9-12,15-20,23-25,34-37,49-50H,7-8,13-14,21-22H2,(H,43,45)(H,44,46)/t34?,35-,36-,37+/m0/s1. The number of aliphatic hydroxyl groups excluding tert-OH is 2. The number of benzene rings is 3. The number of rotatable bonds is 9. The third-order valence-electron chi connectivity index (χ3n) is 10.2. The molecule has 52 heavy (non-hydrogen) atoms. The zero-order valence-corrected chi connectivity index (χ0v) is 28.5. The molecule has 4 N–H and O–H groups in total. The lowest BCUT2D eigenvalue weighted by atomic mass is 10.1. The third kappa shape index (κ3) is 6.52. The molecule has 0 aliphatic carbocycles. The number of hydrogen-bond acceptors (Lipinski definition) is 7. The Morgan fingerprint density at radius 2 is 1.04 bits per heavy atom. The van der Waals surface area contributed by atoms with Gasteiger partial charge in [-0.05, 0) is 54.5 Å². The molecular formula is C41H39N7O4. The van der Waals surface area contributed by atoms with E-state index in [1.807, 2.05) is 79.0 Å². The fourth-order valence-electron chi connectivity index (χ4n) is 7.35. The van der Waals surface area contributed by atoms with Crippen LogP contribution in [0.2, 0.25) is 0 Å². The summed E-state index contributed by atoms with van der Waals surface area (Å²) in [5, 5.41) is 21.5. The number of amides is 2. The minimum Gasteiger partial charge on any atom is -0.378 e. The molecule has 2 aliphatic heterocycles. The molecule has 0 saturated carbocycles. The van der Waals surface area contributed by atoms with E-state index in [0.29, 0.717) is 35.9 Å². The molecule has 8 rings (SSSR count). The molecule has 1 unspecified atom stereocenters. The van der Waals surface area contributed by atoms with Crippen LogP contribution in [0, 0.1) is 0 Å². The molecule has 0 radical (unpaired) electrons. The first-order chi connectivity index (χ1) is 25.4. The lowest BCUT2D eigenvalue weighted by Crippen LogP contribution is -2.35. The van der Waals surface area contributed by atoms with Gasteiger partial charge < -0.3 is 30.0 Å². The van der Waals surface area contributed by atoms with Crippen molar-refractivity contribution in [1.82, 2.24) is 34.7 Å². The molecule has 0 bridgehead atoms. The predicted octanol–water partition coefficient (Wildman–Crippen LogP) is 6.32. The molecular weight excluding hydrogens is 654 g/mol. The first kappa shape index (κ1) is 33.2. The maximum atomic E-state index is 13.2. The number of hydrogen-bond donors (Lipinski definition) is 4. The van der Waals surface area contributed by atoms with Gasteiger partial charge in [-0.1, -0.05) is 84.9 Å². The minimum atomic E-state index is -1.21. The second-order valence-electron chi connectivity index (χ2n) is 13.4. The summed E-state index contributed by atoms with van der Waals surface area (Å²) in [4.78, 5) is 50.7. The quantitative estimate of drug-likeness (QED) is 0.138. The van der Waals surface area contributed by atoms with E-state index in [2.05, 4.69) is 19.9 Å². The third-order valence-corrected chi connectivity index (χ3v) is 10.2. The number of nitrogens with one attached hydrogen (secondary N) is 2. The topological polar surface area (TPSA) is 151 Å². The molecule has 2 fully saturated rings. The van der Waals surface area contributed by atoms with Crippen LogP contribution < -0.4 is 0 Å². The largest absolute Gasteiger partial charge is 0.378 e. The molecule has 11 heteroatoms. The highest BCUT2D eigenvalue weighted by Gasteiger charge is 2.36. The molecule has 262 valence electrons. The number of aromatic amines is 2. The lowest BCUT2D eigenvalue weighted by molar-refractivity contribution is -0.142. The SMILES string of the molecule is O=C([C@@H](O)c1ccccc1)N1CCCC1c1ncc(-c2ccc(-c3ccc(-c4cnc([C@@H]5CCCN5C(=O)[C@H](O)c5ccccc5)[nH]4)cn3)cc2)[nH]1. The van der Waals surface area contributed by atoms with Crippen molar-refractivity contribution >= 4 is 11.8 Å². The number of H-pyrrole nitrogens is 2.